The maximum Gasteiger partial charge on any atom is 0.224 e. The predicted molar refractivity (Wildman–Crippen MR) is 101 cm³/mol. The van der Waals surface area contributed by atoms with E-state index in [0.29, 0.717) is 13.1 Å². The van der Waals surface area contributed by atoms with Crippen LogP contribution in [0, 0.1) is 5.92 Å². The normalized spacial score (nSPS) is 17.7. The number of carbonyl (C=O) groups excluding carboxylic acids is 1. The minimum absolute atomic E-state index is 0. The molecule has 1 atom stereocenters. The molecular formula is C18H26ClN5O. The number of carbonyl (C=O) groups is 1. The largest absolute Gasteiger partial charge is 0.355 e. The summed E-state index contributed by atoms with van der Waals surface area (Å²) in [7, 11) is 0. The Morgan fingerprint density at radius 2 is 2.08 bits per heavy atom. The Morgan fingerprint density at radius 3 is 2.84 bits per heavy atom. The summed E-state index contributed by atoms with van der Waals surface area (Å²) in [6, 6.07) is 12.2. The van der Waals surface area contributed by atoms with Gasteiger partial charge in [0.25, 0.3) is 0 Å². The Kier molecular flexibility index (Phi) is 7.43. The molecule has 7 heteroatoms. The average molecular weight is 364 g/mol. The molecule has 136 valence electrons. The van der Waals surface area contributed by atoms with E-state index in [1.807, 2.05) is 35.1 Å². The Bertz CT molecular complexity index is 660. The van der Waals surface area contributed by atoms with E-state index in [-0.39, 0.29) is 24.2 Å². The van der Waals surface area contributed by atoms with E-state index in [1.165, 1.54) is 0 Å². The number of nitrogens with one attached hydrogen (secondary N) is 1. The van der Waals surface area contributed by atoms with Gasteiger partial charge in [0, 0.05) is 32.4 Å². The number of hydrogen-bond donors (Lipinski definition) is 2. The molecule has 1 amide bonds. The molecule has 0 bridgehead atoms. The van der Waals surface area contributed by atoms with E-state index in [2.05, 4.69) is 27.4 Å². The molecule has 1 aliphatic heterocycles. The standard InChI is InChI=1S/C18H25N5O.ClH/c19-9-11-20-18(24)15-5-4-12-22(13-15)14-17-8-10-21-23(17)16-6-2-1-3-7-16;/h1-3,6-8,10,15H,4-5,9,11-14,19H2,(H,20,24);1H. The van der Waals surface area contributed by atoms with E-state index in [4.69, 9.17) is 5.73 Å². The van der Waals surface area contributed by atoms with Crippen molar-refractivity contribution in [1.29, 1.82) is 0 Å². The van der Waals surface area contributed by atoms with Crippen LogP contribution in [0.2, 0.25) is 0 Å². The van der Waals surface area contributed by atoms with Gasteiger partial charge in [-0.3, -0.25) is 9.69 Å². The van der Waals surface area contributed by atoms with Crippen molar-refractivity contribution >= 4 is 18.3 Å². The maximum absolute atomic E-state index is 12.2. The lowest BCUT2D eigenvalue weighted by Gasteiger charge is -2.32. The first-order valence-electron chi connectivity index (χ1n) is 8.56. The molecule has 3 rings (SSSR count). The van der Waals surface area contributed by atoms with Gasteiger partial charge < -0.3 is 11.1 Å². The summed E-state index contributed by atoms with van der Waals surface area (Å²) >= 11 is 0. The molecule has 0 saturated carbocycles. The summed E-state index contributed by atoms with van der Waals surface area (Å²) in [4.78, 5) is 14.5. The second kappa shape index (κ2) is 9.56. The average Bonchev–Trinajstić information content (AvgIpc) is 3.08. The lowest BCUT2D eigenvalue weighted by molar-refractivity contribution is -0.126. The second-order valence-corrected chi connectivity index (χ2v) is 6.22. The first-order chi connectivity index (χ1) is 11.8. The highest BCUT2D eigenvalue weighted by atomic mass is 35.5. The summed E-state index contributed by atoms with van der Waals surface area (Å²) in [6.07, 6.45) is 3.82. The third-order valence-corrected chi connectivity index (χ3v) is 4.43. The zero-order valence-corrected chi connectivity index (χ0v) is 15.1. The van der Waals surface area contributed by atoms with E-state index in [9.17, 15) is 4.79 Å². The molecular weight excluding hydrogens is 338 g/mol. The summed E-state index contributed by atoms with van der Waals surface area (Å²) < 4.78 is 1.97. The summed E-state index contributed by atoms with van der Waals surface area (Å²) in [6.45, 7) is 3.64. The fourth-order valence-electron chi connectivity index (χ4n) is 3.23. The van der Waals surface area contributed by atoms with Crippen molar-refractivity contribution in [3.63, 3.8) is 0 Å². The Labute approximate surface area is 154 Å². The van der Waals surface area contributed by atoms with E-state index >= 15 is 0 Å². The van der Waals surface area contributed by atoms with Crippen LogP contribution in [-0.2, 0) is 11.3 Å². The van der Waals surface area contributed by atoms with Crippen molar-refractivity contribution < 1.29 is 4.79 Å². The highest BCUT2D eigenvalue weighted by Gasteiger charge is 2.26. The van der Waals surface area contributed by atoms with Crippen LogP contribution in [0.1, 0.15) is 18.5 Å². The molecule has 2 aromatic rings. The number of nitrogens with two attached hydrogens (primary N) is 1. The number of rotatable bonds is 6. The minimum Gasteiger partial charge on any atom is -0.355 e. The van der Waals surface area contributed by atoms with E-state index < -0.39 is 0 Å². The third-order valence-electron chi connectivity index (χ3n) is 4.43. The smallest absolute Gasteiger partial charge is 0.224 e. The van der Waals surface area contributed by atoms with E-state index in [0.717, 1.165) is 43.9 Å². The second-order valence-electron chi connectivity index (χ2n) is 6.22. The number of para-hydroxylation sites is 1. The molecule has 0 spiro atoms. The quantitative estimate of drug-likeness (QED) is 0.817. The Hall–Kier alpha value is -1.89. The van der Waals surface area contributed by atoms with Crippen LogP contribution in [0.5, 0.6) is 0 Å². The molecule has 1 aliphatic rings. The molecule has 2 heterocycles. The maximum atomic E-state index is 12.2. The third kappa shape index (κ3) is 5.04. The zero-order valence-electron chi connectivity index (χ0n) is 14.3. The van der Waals surface area contributed by atoms with Gasteiger partial charge in [-0.1, -0.05) is 18.2 Å². The molecule has 3 N–H and O–H groups in total. The van der Waals surface area contributed by atoms with Gasteiger partial charge in [0.05, 0.1) is 17.3 Å². The number of amides is 1. The van der Waals surface area contributed by atoms with Crippen molar-refractivity contribution in [1.82, 2.24) is 20.0 Å². The summed E-state index contributed by atoms with van der Waals surface area (Å²) in [5, 5.41) is 7.35. The van der Waals surface area contributed by atoms with Crippen molar-refractivity contribution in [3.8, 4) is 5.69 Å². The SMILES string of the molecule is Cl.NCCNC(=O)C1CCCN(Cc2ccnn2-c2ccccc2)C1. The number of hydrogen-bond acceptors (Lipinski definition) is 4. The van der Waals surface area contributed by atoms with Gasteiger partial charge in [-0.05, 0) is 37.6 Å². The van der Waals surface area contributed by atoms with Crippen LogP contribution in [0.3, 0.4) is 0 Å². The minimum atomic E-state index is 0. The van der Waals surface area contributed by atoms with Gasteiger partial charge in [0.1, 0.15) is 0 Å². The molecule has 1 aromatic carbocycles. The van der Waals surface area contributed by atoms with Crippen molar-refractivity contribution in [2.75, 3.05) is 26.2 Å². The summed E-state index contributed by atoms with van der Waals surface area (Å²) in [5.74, 6) is 0.181. The lowest BCUT2D eigenvalue weighted by Crippen LogP contribution is -2.43. The number of nitrogens with zero attached hydrogens (tertiary/aromatic N) is 3. The van der Waals surface area contributed by atoms with Crippen molar-refractivity contribution in [2.24, 2.45) is 11.7 Å². The summed E-state index contributed by atoms with van der Waals surface area (Å²) in [5.41, 5.74) is 7.67. The van der Waals surface area contributed by atoms with E-state index in [1.54, 1.807) is 0 Å². The highest BCUT2D eigenvalue weighted by molar-refractivity contribution is 5.85. The highest BCUT2D eigenvalue weighted by Crippen LogP contribution is 2.20. The van der Waals surface area contributed by atoms with Crippen LogP contribution >= 0.6 is 12.4 Å². The number of halogens is 1. The predicted octanol–water partition coefficient (Wildman–Crippen LogP) is 1.58. The van der Waals surface area contributed by atoms with Gasteiger partial charge >= 0.3 is 0 Å². The van der Waals surface area contributed by atoms with Gasteiger partial charge in [0.15, 0.2) is 0 Å². The monoisotopic (exact) mass is 363 g/mol. The first kappa shape index (κ1) is 19.4. The Morgan fingerprint density at radius 1 is 1.28 bits per heavy atom. The van der Waals surface area contributed by atoms with Crippen LogP contribution in [0.15, 0.2) is 42.6 Å². The van der Waals surface area contributed by atoms with Crippen LogP contribution < -0.4 is 11.1 Å². The molecule has 1 unspecified atom stereocenters. The van der Waals surface area contributed by atoms with Crippen molar-refractivity contribution in [3.05, 3.63) is 48.3 Å². The van der Waals surface area contributed by atoms with Crippen LogP contribution in [0.25, 0.3) is 5.69 Å². The first-order valence-corrected chi connectivity index (χ1v) is 8.56. The van der Waals surface area contributed by atoms with Crippen molar-refractivity contribution in [2.45, 2.75) is 19.4 Å². The Balaban J connectivity index is 0.00000225. The molecule has 1 aromatic heterocycles. The van der Waals surface area contributed by atoms with Gasteiger partial charge in [-0.25, -0.2) is 4.68 Å². The molecule has 25 heavy (non-hydrogen) atoms. The lowest BCUT2D eigenvalue weighted by atomic mass is 9.97. The van der Waals surface area contributed by atoms with Crippen LogP contribution in [-0.4, -0.2) is 46.8 Å². The molecule has 0 radical (unpaired) electrons. The molecule has 1 saturated heterocycles. The fraction of sp³-hybridized carbons (Fsp3) is 0.444. The topological polar surface area (TPSA) is 76.2 Å². The fourth-order valence-corrected chi connectivity index (χ4v) is 3.23. The molecule has 0 aliphatic carbocycles. The number of likely N-dealkylation sites (tertiary alicyclic amines) is 1. The van der Waals surface area contributed by atoms with Gasteiger partial charge in [-0.15, -0.1) is 12.4 Å². The number of benzene rings is 1. The van der Waals surface area contributed by atoms with Gasteiger partial charge in [-0.2, -0.15) is 5.10 Å². The molecule has 6 nitrogen and oxygen atoms in total. The number of piperidine rings is 1. The number of aromatic nitrogens is 2. The zero-order chi connectivity index (χ0) is 16.8. The van der Waals surface area contributed by atoms with Crippen LogP contribution in [0.4, 0.5) is 0 Å². The van der Waals surface area contributed by atoms with Gasteiger partial charge in [0.2, 0.25) is 5.91 Å². The molecule has 1 fully saturated rings.